The second-order valence-electron chi connectivity index (χ2n) is 1.92. The van der Waals surface area contributed by atoms with Crippen LogP contribution in [0, 0.1) is 5.92 Å². The van der Waals surface area contributed by atoms with E-state index in [-0.39, 0.29) is 0 Å². The molecular weight excluding hydrogens is 79.1 g/mol. The Morgan fingerprint density at radius 3 is 2.33 bits per heavy atom. The highest BCUT2D eigenvalue weighted by atomic mass is 19.1. The van der Waals surface area contributed by atoms with Crippen molar-refractivity contribution in [3.8, 4) is 0 Å². The Labute approximate surface area is 37.4 Å². The minimum atomic E-state index is -0.435. The van der Waals surface area contributed by atoms with E-state index in [0.29, 0.717) is 5.92 Å². The van der Waals surface area contributed by atoms with Crippen molar-refractivity contribution >= 4 is 0 Å². The van der Waals surface area contributed by atoms with Gasteiger partial charge in [-0.1, -0.05) is 13.3 Å². The van der Waals surface area contributed by atoms with Gasteiger partial charge in [0.1, 0.15) is 6.17 Å². The number of hydrogen-bond acceptors (Lipinski definition) is 0. The van der Waals surface area contributed by atoms with Gasteiger partial charge in [-0.25, -0.2) is 4.39 Å². The molecule has 0 aromatic rings. The third-order valence-corrected chi connectivity index (χ3v) is 1.36. The fourth-order valence-electron chi connectivity index (χ4n) is 0.633. The lowest BCUT2D eigenvalue weighted by Crippen LogP contribution is -1.72. The monoisotopic (exact) mass is 88.1 g/mol. The van der Waals surface area contributed by atoms with Gasteiger partial charge in [-0.05, 0) is 12.3 Å². The molecule has 1 rings (SSSR count). The fourth-order valence-corrected chi connectivity index (χ4v) is 0.633. The van der Waals surface area contributed by atoms with Gasteiger partial charge in [0.05, 0.1) is 0 Å². The first-order valence-electron chi connectivity index (χ1n) is 2.48. The zero-order valence-corrected chi connectivity index (χ0v) is 3.95. The number of alkyl halides is 1. The molecule has 0 aliphatic heterocycles. The molecule has 0 aromatic carbocycles. The SMILES string of the molecule is CC[C@H]1C[C@H]1F. The maximum absolute atomic E-state index is 11.8. The fraction of sp³-hybridized carbons (Fsp3) is 1.00. The normalized spacial score (nSPS) is 43.0. The minimum Gasteiger partial charge on any atom is -0.247 e. The molecule has 36 valence electrons. The van der Waals surface area contributed by atoms with E-state index in [1.807, 2.05) is 6.92 Å². The van der Waals surface area contributed by atoms with Crippen LogP contribution in [0.25, 0.3) is 0 Å². The third kappa shape index (κ3) is 0.537. The van der Waals surface area contributed by atoms with Crippen LogP contribution in [0.5, 0.6) is 0 Å². The number of halogens is 1. The molecule has 0 unspecified atom stereocenters. The summed E-state index contributed by atoms with van der Waals surface area (Å²) in [6.07, 6.45) is 1.42. The van der Waals surface area contributed by atoms with E-state index in [1.165, 1.54) is 0 Å². The van der Waals surface area contributed by atoms with Gasteiger partial charge >= 0.3 is 0 Å². The lowest BCUT2D eigenvalue weighted by molar-refractivity contribution is 0.442. The number of rotatable bonds is 1. The van der Waals surface area contributed by atoms with Gasteiger partial charge in [0, 0.05) is 0 Å². The Balaban J connectivity index is 2.09. The molecule has 1 saturated carbocycles. The summed E-state index contributed by atoms with van der Waals surface area (Å²) in [7, 11) is 0. The van der Waals surface area contributed by atoms with Gasteiger partial charge in [0.25, 0.3) is 0 Å². The van der Waals surface area contributed by atoms with Crippen LogP contribution < -0.4 is 0 Å². The van der Waals surface area contributed by atoms with E-state index < -0.39 is 6.17 Å². The Kier molecular flexibility index (Phi) is 0.827. The van der Waals surface area contributed by atoms with Crippen LogP contribution in [0.15, 0.2) is 0 Å². The van der Waals surface area contributed by atoms with Gasteiger partial charge in [0.15, 0.2) is 0 Å². The van der Waals surface area contributed by atoms with Crippen LogP contribution in [0.4, 0.5) is 4.39 Å². The Morgan fingerprint density at radius 2 is 2.33 bits per heavy atom. The molecule has 0 nitrogen and oxygen atoms in total. The molecule has 1 heteroatoms. The van der Waals surface area contributed by atoms with Gasteiger partial charge in [-0.2, -0.15) is 0 Å². The molecule has 6 heavy (non-hydrogen) atoms. The molecule has 0 N–H and O–H groups in total. The lowest BCUT2D eigenvalue weighted by atomic mass is 10.3. The van der Waals surface area contributed by atoms with Gasteiger partial charge in [0.2, 0.25) is 0 Å². The zero-order valence-electron chi connectivity index (χ0n) is 3.95. The van der Waals surface area contributed by atoms with Crippen molar-refractivity contribution in [3.63, 3.8) is 0 Å². The average molecular weight is 88.1 g/mol. The van der Waals surface area contributed by atoms with Gasteiger partial charge < -0.3 is 0 Å². The van der Waals surface area contributed by atoms with E-state index in [4.69, 9.17) is 0 Å². The summed E-state index contributed by atoms with van der Waals surface area (Å²) in [5, 5.41) is 0. The first-order chi connectivity index (χ1) is 2.84. The van der Waals surface area contributed by atoms with Crippen molar-refractivity contribution in [1.82, 2.24) is 0 Å². The molecule has 0 heterocycles. The summed E-state index contributed by atoms with van der Waals surface area (Å²) in [5.41, 5.74) is 0. The summed E-state index contributed by atoms with van der Waals surface area (Å²) in [5.74, 6) is 0.435. The Bertz CT molecular complexity index is 49.9. The summed E-state index contributed by atoms with van der Waals surface area (Å²) in [6.45, 7) is 2.03. The summed E-state index contributed by atoms with van der Waals surface area (Å²) in [6, 6.07) is 0. The molecule has 1 aliphatic rings. The second-order valence-corrected chi connectivity index (χ2v) is 1.92. The molecule has 1 aliphatic carbocycles. The van der Waals surface area contributed by atoms with Crippen LogP contribution >= 0.6 is 0 Å². The standard InChI is InChI=1S/C5H9F/c1-2-4-3-5(4)6/h4-5H,2-3H2,1H3/t4-,5+/m0/s1. The van der Waals surface area contributed by atoms with Crippen LogP contribution in [0.1, 0.15) is 19.8 Å². The predicted molar refractivity (Wildman–Crippen MR) is 23.3 cm³/mol. The van der Waals surface area contributed by atoms with Crippen LogP contribution in [0.2, 0.25) is 0 Å². The van der Waals surface area contributed by atoms with Crippen LogP contribution in [-0.4, -0.2) is 6.17 Å². The Morgan fingerprint density at radius 1 is 1.83 bits per heavy atom. The van der Waals surface area contributed by atoms with Crippen molar-refractivity contribution in [2.24, 2.45) is 5.92 Å². The summed E-state index contributed by atoms with van der Waals surface area (Å²) < 4.78 is 11.8. The van der Waals surface area contributed by atoms with E-state index in [1.54, 1.807) is 0 Å². The molecule has 1 fully saturated rings. The smallest absolute Gasteiger partial charge is 0.103 e. The zero-order chi connectivity index (χ0) is 4.57. The topological polar surface area (TPSA) is 0 Å². The van der Waals surface area contributed by atoms with E-state index in [0.717, 1.165) is 12.8 Å². The molecule has 0 radical (unpaired) electrons. The molecule has 0 aromatic heterocycles. The predicted octanol–water partition coefficient (Wildman–Crippen LogP) is 1.75. The molecule has 0 bridgehead atoms. The molecule has 0 saturated heterocycles. The highest BCUT2D eigenvalue weighted by Gasteiger charge is 2.34. The number of hydrogen-bond donors (Lipinski definition) is 0. The van der Waals surface area contributed by atoms with E-state index >= 15 is 0 Å². The quantitative estimate of drug-likeness (QED) is 0.458. The van der Waals surface area contributed by atoms with Crippen molar-refractivity contribution in [1.29, 1.82) is 0 Å². The highest BCUT2D eigenvalue weighted by molar-refractivity contribution is 4.84. The van der Waals surface area contributed by atoms with Crippen LogP contribution in [-0.2, 0) is 0 Å². The average Bonchev–Trinajstić information content (AvgIpc) is 2.19. The minimum absolute atomic E-state index is 0.435. The largest absolute Gasteiger partial charge is 0.247 e. The van der Waals surface area contributed by atoms with Crippen LogP contribution in [0.3, 0.4) is 0 Å². The molecule has 0 amide bonds. The van der Waals surface area contributed by atoms with Crippen molar-refractivity contribution < 1.29 is 4.39 Å². The lowest BCUT2D eigenvalue weighted by Gasteiger charge is -1.76. The van der Waals surface area contributed by atoms with E-state index in [2.05, 4.69) is 0 Å². The second kappa shape index (κ2) is 1.21. The van der Waals surface area contributed by atoms with Crippen molar-refractivity contribution in [2.75, 3.05) is 0 Å². The summed E-state index contributed by atoms with van der Waals surface area (Å²) in [4.78, 5) is 0. The Hall–Kier alpha value is -0.0700. The summed E-state index contributed by atoms with van der Waals surface area (Å²) >= 11 is 0. The molecule has 0 spiro atoms. The first kappa shape index (κ1) is 4.10. The molecular formula is C5H9F. The van der Waals surface area contributed by atoms with E-state index in [9.17, 15) is 4.39 Å². The maximum atomic E-state index is 11.8. The molecule has 2 atom stereocenters. The van der Waals surface area contributed by atoms with Crippen molar-refractivity contribution in [3.05, 3.63) is 0 Å². The van der Waals surface area contributed by atoms with Gasteiger partial charge in [-0.15, -0.1) is 0 Å². The third-order valence-electron chi connectivity index (χ3n) is 1.36. The first-order valence-corrected chi connectivity index (χ1v) is 2.48. The van der Waals surface area contributed by atoms with Gasteiger partial charge in [-0.3, -0.25) is 0 Å². The van der Waals surface area contributed by atoms with Crippen molar-refractivity contribution in [2.45, 2.75) is 25.9 Å². The maximum Gasteiger partial charge on any atom is 0.103 e. The highest BCUT2D eigenvalue weighted by Crippen LogP contribution is 2.35.